The average molecular weight is 387 g/mol. The molecule has 1 aliphatic carbocycles. The summed E-state index contributed by atoms with van der Waals surface area (Å²) >= 11 is 0. The third kappa shape index (κ3) is 4.24. The summed E-state index contributed by atoms with van der Waals surface area (Å²) in [6.45, 7) is -0.0573. The Morgan fingerprint density at radius 2 is 1.89 bits per heavy atom. The molecule has 0 heterocycles. The predicted molar refractivity (Wildman–Crippen MR) is 100 cm³/mol. The lowest BCUT2D eigenvalue weighted by Crippen LogP contribution is -2.33. The maximum absolute atomic E-state index is 13.1. The van der Waals surface area contributed by atoms with E-state index in [9.17, 15) is 19.1 Å². The molecule has 3 rings (SSSR count). The smallest absolute Gasteiger partial charge is 0.312 e. The van der Waals surface area contributed by atoms with E-state index < -0.39 is 17.7 Å². The van der Waals surface area contributed by atoms with Gasteiger partial charge in [-0.05, 0) is 42.3 Å². The zero-order chi connectivity index (χ0) is 20.3. The second-order valence-electron chi connectivity index (χ2n) is 6.74. The molecule has 1 amide bonds. The number of carboxylic acid groups (broad SMARTS) is 1. The number of amides is 1. The van der Waals surface area contributed by atoms with Gasteiger partial charge in [0, 0.05) is 23.9 Å². The van der Waals surface area contributed by atoms with Gasteiger partial charge in [-0.25, -0.2) is 4.39 Å². The fourth-order valence-electron chi connectivity index (χ4n) is 3.33. The monoisotopic (exact) mass is 387 g/mol. The number of benzene rings is 2. The first-order valence-electron chi connectivity index (χ1n) is 8.92. The van der Waals surface area contributed by atoms with E-state index in [2.05, 4.69) is 5.32 Å². The maximum Gasteiger partial charge on any atom is 0.312 e. The van der Waals surface area contributed by atoms with Gasteiger partial charge in [-0.2, -0.15) is 0 Å². The average Bonchev–Trinajstić information content (AvgIpc) is 3.49. The minimum Gasteiger partial charge on any atom is -0.497 e. The molecular formula is C21H22FNO5. The zero-order valence-corrected chi connectivity index (χ0v) is 15.6. The SMILES string of the molecule is COc1ccc(OC)c(C2CC2C(=O)NCC(C(=O)O)c2ccc(F)cc2)c1. The number of carbonyl (C=O) groups excluding carboxylic acids is 1. The molecule has 7 heteroatoms. The number of rotatable bonds is 8. The van der Waals surface area contributed by atoms with Crippen LogP contribution in [0.3, 0.4) is 0 Å². The highest BCUT2D eigenvalue weighted by Crippen LogP contribution is 2.51. The fraction of sp³-hybridized carbons (Fsp3) is 0.333. The van der Waals surface area contributed by atoms with Crippen LogP contribution in [0.4, 0.5) is 4.39 Å². The molecule has 1 fully saturated rings. The summed E-state index contributed by atoms with van der Waals surface area (Å²) in [6.07, 6.45) is 0.656. The summed E-state index contributed by atoms with van der Waals surface area (Å²) in [5.74, 6) is -1.53. The Balaban J connectivity index is 1.64. The number of hydrogen-bond donors (Lipinski definition) is 2. The van der Waals surface area contributed by atoms with Crippen molar-refractivity contribution in [3.8, 4) is 11.5 Å². The van der Waals surface area contributed by atoms with Gasteiger partial charge >= 0.3 is 5.97 Å². The Morgan fingerprint density at radius 3 is 2.50 bits per heavy atom. The van der Waals surface area contributed by atoms with Crippen molar-refractivity contribution in [3.05, 3.63) is 59.4 Å². The second kappa shape index (κ2) is 8.29. The Kier molecular flexibility index (Phi) is 5.82. The van der Waals surface area contributed by atoms with Gasteiger partial charge in [-0.15, -0.1) is 0 Å². The molecule has 2 N–H and O–H groups in total. The van der Waals surface area contributed by atoms with Gasteiger partial charge in [0.05, 0.1) is 20.1 Å². The second-order valence-corrected chi connectivity index (χ2v) is 6.74. The van der Waals surface area contributed by atoms with Gasteiger partial charge in [-0.1, -0.05) is 12.1 Å². The molecule has 6 nitrogen and oxygen atoms in total. The van der Waals surface area contributed by atoms with Crippen molar-refractivity contribution >= 4 is 11.9 Å². The molecular weight excluding hydrogens is 365 g/mol. The van der Waals surface area contributed by atoms with Crippen molar-refractivity contribution in [3.63, 3.8) is 0 Å². The highest BCUT2D eigenvalue weighted by Gasteiger charge is 2.45. The molecule has 0 bridgehead atoms. The van der Waals surface area contributed by atoms with E-state index in [0.717, 1.165) is 5.56 Å². The summed E-state index contributed by atoms with van der Waals surface area (Å²) < 4.78 is 23.7. The van der Waals surface area contributed by atoms with Gasteiger partial charge < -0.3 is 19.9 Å². The molecule has 148 valence electrons. The molecule has 2 aromatic rings. The van der Waals surface area contributed by atoms with Crippen LogP contribution < -0.4 is 14.8 Å². The van der Waals surface area contributed by atoms with E-state index in [-0.39, 0.29) is 24.3 Å². The zero-order valence-electron chi connectivity index (χ0n) is 15.6. The Hall–Kier alpha value is -3.09. The topological polar surface area (TPSA) is 84.9 Å². The third-order valence-electron chi connectivity index (χ3n) is 5.01. The van der Waals surface area contributed by atoms with E-state index in [0.29, 0.717) is 23.5 Å². The molecule has 3 unspecified atom stereocenters. The van der Waals surface area contributed by atoms with Crippen LogP contribution in [-0.4, -0.2) is 37.7 Å². The minimum absolute atomic E-state index is 0.000788. The number of aliphatic carboxylic acids is 1. The molecule has 3 atom stereocenters. The number of halogens is 1. The van der Waals surface area contributed by atoms with Gasteiger partial charge in [0.15, 0.2) is 0 Å². The maximum atomic E-state index is 13.1. The third-order valence-corrected chi connectivity index (χ3v) is 5.01. The van der Waals surface area contributed by atoms with Crippen LogP contribution in [0.5, 0.6) is 11.5 Å². The van der Waals surface area contributed by atoms with E-state index in [1.807, 2.05) is 6.07 Å². The van der Waals surface area contributed by atoms with Crippen LogP contribution in [0.25, 0.3) is 0 Å². The Labute approximate surface area is 162 Å². The minimum atomic E-state index is -1.08. The molecule has 28 heavy (non-hydrogen) atoms. The standard InChI is InChI=1S/C21H22FNO5/c1-27-14-7-8-19(28-2)16(9-14)15-10-17(15)20(24)23-11-18(21(25)26)12-3-5-13(22)6-4-12/h3-9,15,17-18H,10-11H2,1-2H3,(H,23,24)(H,25,26). The van der Waals surface area contributed by atoms with Gasteiger partial charge in [-0.3, -0.25) is 9.59 Å². The van der Waals surface area contributed by atoms with Crippen LogP contribution in [0.1, 0.15) is 29.4 Å². The van der Waals surface area contributed by atoms with E-state index >= 15 is 0 Å². The van der Waals surface area contributed by atoms with Gasteiger partial charge in [0.2, 0.25) is 5.91 Å². The number of methoxy groups -OCH3 is 2. The number of carboxylic acids is 1. The number of carbonyl (C=O) groups is 2. The molecule has 1 saturated carbocycles. The lowest BCUT2D eigenvalue weighted by Gasteiger charge is -2.14. The summed E-state index contributed by atoms with van der Waals surface area (Å²) in [7, 11) is 3.15. The lowest BCUT2D eigenvalue weighted by molar-refractivity contribution is -0.138. The lowest BCUT2D eigenvalue weighted by atomic mass is 9.99. The van der Waals surface area contributed by atoms with Crippen molar-refractivity contribution in [1.29, 1.82) is 0 Å². The molecule has 0 saturated heterocycles. The van der Waals surface area contributed by atoms with Crippen LogP contribution in [0, 0.1) is 11.7 Å². The summed E-state index contributed by atoms with van der Waals surface area (Å²) in [6, 6.07) is 10.7. The Morgan fingerprint density at radius 1 is 1.18 bits per heavy atom. The predicted octanol–water partition coefficient (Wildman–Crippen LogP) is 2.93. The largest absolute Gasteiger partial charge is 0.497 e. The number of hydrogen-bond acceptors (Lipinski definition) is 4. The summed E-state index contributed by atoms with van der Waals surface area (Å²) in [4.78, 5) is 24.1. The van der Waals surface area contributed by atoms with Crippen LogP contribution >= 0.6 is 0 Å². The van der Waals surface area contributed by atoms with Crippen molar-refractivity contribution in [2.45, 2.75) is 18.3 Å². The normalized spacial score (nSPS) is 18.8. The van der Waals surface area contributed by atoms with Crippen molar-refractivity contribution in [1.82, 2.24) is 5.32 Å². The van der Waals surface area contributed by atoms with E-state index in [1.54, 1.807) is 26.4 Å². The fourth-order valence-corrected chi connectivity index (χ4v) is 3.33. The number of nitrogens with one attached hydrogen (secondary N) is 1. The summed E-state index contributed by atoms with van der Waals surface area (Å²) in [5, 5.41) is 12.2. The molecule has 0 spiro atoms. The van der Waals surface area contributed by atoms with E-state index in [1.165, 1.54) is 24.3 Å². The first kappa shape index (κ1) is 19.7. The van der Waals surface area contributed by atoms with Crippen molar-refractivity contribution in [2.24, 2.45) is 5.92 Å². The van der Waals surface area contributed by atoms with Crippen LogP contribution in [0.15, 0.2) is 42.5 Å². The highest BCUT2D eigenvalue weighted by atomic mass is 19.1. The molecule has 1 aliphatic rings. The van der Waals surface area contributed by atoms with Crippen LogP contribution in [0.2, 0.25) is 0 Å². The molecule has 0 radical (unpaired) electrons. The first-order chi connectivity index (χ1) is 13.4. The van der Waals surface area contributed by atoms with Crippen molar-refractivity contribution < 1.29 is 28.6 Å². The van der Waals surface area contributed by atoms with Crippen molar-refractivity contribution in [2.75, 3.05) is 20.8 Å². The molecule has 0 aromatic heterocycles. The quantitative estimate of drug-likeness (QED) is 0.728. The van der Waals surface area contributed by atoms with Gasteiger partial charge in [0.25, 0.3) is 0 Å². The molecule has 2 aromatic carbocycles. The van der Waals surface area contributed by atoms with Gasteiger partial charge in [0.1, 0.15) is 17.3 Å². The summed E-state index contributed by atoms with van der Waals surface area (Å²) in [5.41, 5.74) is 1.34. The molecule has 0 aliphatic heterocycles. The van der Waals surface area contributed by atoms with E-state index in [4.69, 9.17) is 9.47 Å². The Bertz CT molecular complexity index is 868. The van der Waals surface area contributed by atoms with Crippen LogP contribution in [-0.2, 0) is 9.59 Å². The first-order valence-corrected chi connectivity index (χ1v) is 8.92. The number of ether oxygens (including phenoxy) is 2. The highest BCUT2D eigenvalue weighted by molar-refractivity contribution is 5.84.